The number of likely N-dealkylation sites (N-methyl/N-ethyl adjacent to an activating group) is 1. The SMILES string of the molecule is CCN(CC)C(=O)Cc1c(-c2ccc(OS(=O)(=O)C(F)(F)F)cc2)nn2c(C)cc(C)nc12. The van der Waals surface area contributed by atoms with Gasteiger partial charge >= 0.3 is 15.6 Å². The summed E-state index contributed by atoms with van der Waals surface area (Å²) in [6, 6.07) is 6.81. The van der Waals surface area contributed by atoms with E-state index < -0.39 is 21.4 Å². The van der Waals surface area contributed by atoms with Crippen molar-refractivity contribution in [2.45, 2.75) is 39.6 Å². The molecule has 0 aliphatic rings. The van der Waals surface area contributed by atoms with Crippen molar-refractivity contribution in [1.82, 2.24) is 19.5 Å². The molecule has 3 aromatic rings. The largest absolute Gasteiger partial charge is 0.534 e. The van der Waals surface area contributed by atoms with E-state index in [1.807, 2.05) is 33.8 Å². The summed E-state index contributed by atoms with van der Waals surface area (Å²) in [5.74, 6) is -0.612. The zero-order valence-electron chi connectivity index (χ0n) is 18.5. The summed E-state index contributed by atoms with van der Waals surface area (Å²) in [7, 11) is -5.78. The Hall–Kier alpha value is -3.15. The Morgan fingerprint density at radius 1 is 1.12 bits per heavy atom. The van der Waals surface area contributed by atoms with Crippen LogP contribution in [0.5, 0.6) is 5.75 Å². The van der Waals surface area contributed by atoms with E-state index in [1.165, 1.54) is 12.1 Å². The summed E-state index contributed by atoms with van der Waals surface area (Å²) in [4.78, 5) is 19.1. The fraction of sp³-hybridized carbons (Fsp3) is 0.381. The van der Waals surface area contributed by atoms with Gasteiger partial charge in [0.15, 0.2) is 5.65 Å². The predicted octanol–water partition coefficient (Wildman–Crippen LogP) is 3.65. The first-order chi connectivity index (χ1) is 15.4. The standard InChI is InChI=1S/C21H23F3N4O4S/c1-5-27(6-2)18(29)12-17-19(26-28-14(4)11-13(3)25-20(17)28)15-7-9-16(10-8-15)32-33(30,31)21(22,23)24/h7-11H,5-6,12H2,1-4H3. The van der Waals surface area contributed by atoms with E-state index in [0.717, 1.165) is 23.5 Å². The molecule has 0 N–H and O–H groups in total. The van der Waals surface area contributed by atoms with Gasteiger partial charge in [-0.3, -0.25) is 4.79 Å². The molecule has 0 unspecified atom stereocenters. The van der Waals surface area contributed by atoms with Crippen molar-refractivity contribution in [3.63, 3.8) is 0 Å². The molecule has 0 atom stereocenters. The highest BCUT2D eigenvalue weighted by Gasteiger charge is 2.48. The molecule has 0 radical (unpaired) electrons. The van der Waals surface area contributed by atoms with Crippen LogP contribution in [0.15, 0.2) is 30.3 Å². The van der Waals surface area contributed by atoms with Crippen LogP contribution in [0.3, 0.4) is 0 Å². The van der Waals surface area contributed by atoms with Crippen LogP contribution >= 0.6 is 0 Å². The van der Waals surface area contributed by atoms with Crippen molar-refractivity contribution in [2.24, 2.45) is 0 Å². The molecule has 8 nitrogen and oxygen atoms in total. The summed E-state index contributed by atoms with van der Waals surface area (Å²) in [5, 5.41) is 4.58. The Kier molecular flexibility index (Phi) is 6.68. The Morgan fingerprint density at radius 2 is 1.73 bits per heavy atom. The quantitative estimate of drug-likeness (QED) is 0.375. The molecule has 3 rings (SSSR count). The molecule has 0 spiro atoms. The van der Waals surface area contributed by atoms with Crippen molar-refractivity contribution in [2.75, 3.05) is 13.1 Å². The second kappa shape index (κ2) is 9.00. The van der Waals surface area contributed by atoms with Crippen molar-refractivity contribution >= 4 is 21.7 Å². The number of nitrogens with zero attached hydrogens (tertiary/aromatic N) is 4. The van der Waals surface area contributed by atoms with E-state index in [4.69, 9.17) is 0 Å². The number of rotatable bonds is 7. The van der Waals surface area contributed by atoms with Gasteiger partial charge in [0.25, 0.3) is 0 Å². The lowest BCUT2D eigenvalue weighted by Gasteiger charge is -2.18. The lowest BCUT2D eigenvalue weighted by molar-refractivity contribution is -0.130. The number of carbonyl (C=O) groups excluding carboxylic acids is 1. The number of amides is 1. The first-order valence-electron chi connectivity index (χ1n) is 10.1. The minimum atomic E-state index is -5.78. The van der Waals surface area contributed by atoms with Crippen LogP contribution in [-0.4, -0.2) is 52.4 Å². The van der Waals surface area contributed by atoms with Crippen LogP contribution in [0, 0.1) is 13.8 Å². The highest BCUT2D eigenvalue weighted by atomic mass is 32.2. The third-order valence-electron chi connectivity index (χ3n) is 5.05. The van der Waals surface area contributed by atoms with Crippen molar-refractivity contribution in [3.05, 3.63) is 47.3 Å². The number of halogens is 3. The average molecular weight is 485 g/mol. The number of carbonyl (C=O) groups is 1. The van der Waals surface area contributed by atoms with Gasteiger partial charge in [-0.1, -0.05) is 0 Å². The fourth-order valence-corrected chi connectivity index (χ4v) is 3.90. The molecule has 1 aromatic carbocycles. The molecule has 0 aliphatic heterocycles. The highest BCUT2D eigenvalue weighted by molar-refractivity contribution is 7.88. The Morgan fingerprint density at radius 3 is 2.27 bits per heavy atom. The maximum atomic E-state index is 12.8. The van der Waals surface area contributed by atoms with Crippen LogP contribution in [0.25, 0.3) is 16.9 Å². The number of fused-ring (bicyclic) bond motifs is 1. The number of aryl methyl sites for hydroxylation is 2. The van der Waals surface area contributed by atoms with Crippen LogP contribution in [-0.2, 0) is 21.3 Å². The molecule has 1 amide bonds. The van der Waals surface area contributed by atoms with Gasteiger partial charge < -0.3 is 9.08 Å². The van der Waals surface area contributed by atoms with Crippen LogP contribution < -0.4 is 4.18 Å². The van der Waals surface area contributed by atoms with E-state index in [-0.39, 0.29) is 12.3 Å². The molecule has 2 aromatic heterocycles. The molecular weight excluding hydrogens is 461 g/mol. The fourth-order valence-electron chi connectivity index (χ4n) is 3.44. The van der Waals surface area contributed by atoms with Gasteiger partial charge in [0.05, 0.1) is 12.1 Å². The monoisotopic (exact) mass is 484 g/mol. The topological polar surface area (TPSA) is 93.9 Å². The van der Waals surface area contributed by atoms with Crippen molar-refractivity contribution < 1.29 is 30.6 Å². The molecule has 0 fully saturated rings. The summed E-state index contributed by atoms with van der Waals surface area (Å²) >= 11 is 0. The van der Waals surface area contributed by atoms with Gasteiger partial charge in [-0.05, 0) is 58.0 Å². The van der Waals surface area contributed by atoms with Gasteiger partial charge in [0, 0.05) is 35.6 Å². The van der Waals surface area contributed by atoms with E-state index >= 15 is 0 Å². The normalized spacial score (nSPS) is 12.2. The van der Waals surface area contributed by atoms with E-state index in [0.29, 0.717) is 35.6 Å². The predicted molar refractivity (Wildman–Crippen MR) is 115 cm³/mol. The van der Waals surface area contributed by atoms with E-state index in [2.05, 4.69) is 14.3 Å². The third-order valence-corrected chi connectivity index (χ3v) is 6.03. The van der Waals surface area contributed by atoms with Gasteiger partial charge in [-0.2, -0.15) is 26.7 Å². The molecule has 178 valence electrons. The number of benzene rings is 1. The zero-order valence-corrected chi connectivity index (χ0v) is 19.3. The first kappa shape index (κ1) is 24.5. The molecule has 2 heterocycles. The smallest absolute Gasteiger partial charge is 0.376 e. The molecule has 33 heavy (non-hydrogen) atoms. The molecule has 0 saturated carbocycles. The molecular formula is C21H23F3N4O4S. The van der Waals surface area contributed by atoms with Crippen LogP contribution in [0.1, 0.15) is 30.8 Å². The van der Waals surface area contributed by atoms with Gasteiger partial charge in [0.1, 0.15) is 5.75 Å². The van der Waals surface area contributed by atoms with Gasteiger partial charge in [-0.15, -0.1) is 0 Å². The minimum absolute atomic E-state index is 0.0249. The summed E-state index contributed by atoms with van der Waals surface area (Å²) < 4.78 is 66.0. The summed E-state index contributed by atoms with van der Waals surface area (Å²) in [6.45, 7) is 8.48. The van der Waals surface area contributed by atoms with E-state index in [1.54, 1.807) is 9.42 Å². The number of aromatic nitrogens is 3. The Bertz CT molecular complexity index is 1280. The molecule has 0 saturated heterocycles. The lowest BCUT2D eigenvalue weighted by Crippen LogP contribution is -2.31. The minimum Gasteiger partial charge on any atom is -0.376 e. The number of hydrogen-bond donors (Lipinski definition) is 0. The molecule has 12 heteroatoms. The highest BCUT2D eigenvalue weighted by Crippen LogP contribution is 2.31. The third kappa shape index (κ3) is 4.95. The maximum Gasteiger partial charge on any atom is 0.534 e. The Labute approximate surface area is 189 Å². The Balaban J connectivity index is 2.07. The summed E-state index contributed by atoms with van der Waals surface area (Å²) in [5.41, 5.74) is -2.05. The number of hydrogen-bond acceptors (Lipinski definition) is 6. The second-order valence-electron chi connectivity index (χ2n) is 7.35. The van der Waals surface area contributed by atoms with E-state index in [9.17, 15) is 26.4 Å². The molecule has 0 bridgehead atoms. The lowest BCUT2D eigenvalue weighted by atomic mass is 10.0. The van der Waals surface area contributed by atoms with Crippen LogP contribution in [0.2, 0.25) is 0 Å². The number of alkyl halides is 3. The van der Waals surface area contributed by atoms with Crippen molar-refractivity contribution in [1.29, 1.82) is 0 Å². The van der Waals surface area contributed by atoms with Gasteiger partial charge in [0.2, 0.25) is 5.91 Å². The average Bonchev–Trinajstić information content (AvgIpc) is 3.07. The second-order valence-corrected chi connectivity index (χ2v) is 8.89. The van der Waals surface area contributed by atoms with Gasteiger partial charge in [-0.25, -0.2) is 9.50 Å². The summed E-state index contributed by atoms with van der Waals surface area (Å²) in [6.07, 6.45) is 0.0249. The molecule has 0 aliphatic carbocycles. The van der Waals surface area contributed by atoms with Crippen molar-refractivity contribution in [3.8, 4) is 17.0 Å². The zero-order chi connectivity index (χ0) is 24.6. The first-order valence-corrected chi connectivity index (χ1v) is 11.5. The maximum absolute atomic E-state index is 12.8. The van der Waals surface area contributed by atoms with Crippen LogP contribution in [0.4, 0.5) is 13.2 Å².